The Labute approximate surface area is 156 Å². The number of amides is 1. The highest BCUT2D eigenvalue weighted by Crippen LogP contribution is 2.28. The molecule has 8 heteroatoms. The normalized spacial score (nSPS) is 21.8. The zero-order valence-electron chi connectivity index (χ0n) is 15.2. The van der Waals surface area contributed by atoms with Gasteiger partial charge in [0.25, 0.3) is 5.56 Å². The van der Waals surface area contributed by atoms with Crippen molar-refractivity contribution in [1.29, 1.82) is 0 Å². The van der Waals surface area contributed by atoms with E-state index in [9.17, 15) is 9.59 Å². The molecule has 0 bridgehead atoms. The molecule has 0 N–H and O–H groups in total. The van der Waals surface area contributed by atoms with Crippen LogP contribution < -0.4 is 10.5 Å². The Morgan fingerprint density at radius 3 is 2.69 bits per heavy atom. The Morgan fingerprint density at radius 2 is 1.92 bits per heavy atom. The number of aromatic nitrogens is 3. The van der Waals surface area contributed by atoms with Gasteiger partial charge >= 0.3 is 0 Å². The maximum Gasteiger partial charge on any atom is 0.275 e. The van der Waals surface area contributed by atoms with Gasteiger partial charge in [-0.25, -0.2) is 4.98 Å². The summed E-state index contributed by atoms with van der Waals surface area (Å²) in [7, 11) is 0. The van der Waals surface area contributed by atoms with Crippen LogP contribution in [-0.4, -0.2) is 51.6 Å². The van der Waals surface area contributed by atoms with E-state index in [1.54, 1.807) is 0 Å². The first kappa shape index (κ1) is 17.5. The number of fused-ring (bicyclic) bond motifs is 1. The second kappa shape index (κ2) is 7.34. The second-order valence-electron chi connectivity index (χ2n) is 7.34. The summed E-state index contributed by atoms with van der Waals surface area (Å²) in [4.78, 5) is 34.3. The number of carbonyl (C=O) groups is 1. The SMILES string of the molecule is Cc1cc(=O)n2nc(N3CCC[C@H](C(=O)N4CCCCCC4)C3)sc2n1. The number of hydrogen-bond donors (Lipinski definition) is 0. The van der Waals surface area contributed by atoms with Crippen LogP contribution in [0.3, 0.4) is 0 Å². The molecule has 1 amide bonds. The standard InChI is InChI=1S/C18H25N5O2S/c1-13-11-15(24)23-17(19-13)26-18(20-23)22-10-6-7-14(12-22)16(25)21-8-4-2-3-5-9-21/h11,14H,2-10,12H2,1H3/t14-/m0/s1. The molecule has 140 valence electrons. The largest absolute Gasteiger partial charge is 0.346 e. The fourth-order valence-electron chi connectivity index (χ4n) is 3.94. The molecule has 0 spiro atoms. The minimum atomic E-state index is -0.149. The topological polar surface area (TPSA) is 70.8 Å². The third-order valence-corrected chi connectivity index (χ3v) is 6.29. The molecule has 2 aromatic heterocycles. The summed E-state index contributed by atoms with van der Waals surface area (Å²) in [6, 6.07) is 1.50. The van der Waals surface area contributed by atoms with Crippen LogP contribution in [0.2, 0.25) is 0 Å². The maximum absolute atomic E-state index is 13.0. The van der Waals surface area contributed by atoms with Gasteiger partial charge in [-0.15, -0.1) is 5.10 Å². The van der Waals surface area contributed by atoms with Crippen molar-refractivity contribution in [3.05, 3.63) is 22.1 Å². The van der Waals surface area contributed by atoms with Crippen molar-refractivity contribution in [3.8, 4) is 0 Å². The summed E-state index contributed by atoms with van der Waals surface area (Å²) in [5, 5.41) is 5.25. The summed E-state index contributed by atoms with van der Waals surface area (Å²) in [5.41, 5.74) is 0.558. The number of aryl methyl sites for hydroxylation is 1. The Morgan fingerprint density at radius 1 is 1.15 bits per heavy atom. The van der Waals surface area contributed by atoms with Gasteiger partial charge in [-0.1, -0.05) is 24.2 Å². The highest BCUT2D eigenvalue weighted by Gasteiger charge is 2.31. The van der Waals surface area contributed by atoms with Crippen LogP contribution in [0.25, 0.3) is 4.96 Å². The van der Waals surface area contributed by atoms with E-state index >= 15 is 0 Å². The van der Waals surface area contributed by atoms with Crippen molar-refractivity contribution in [2.75, 3.05) is 31.1 Å². The predicted octanol–water partition coefficient (Wildman–Crippen LogP) is 2.08. The van der Waals surface area contributed by atoms with Crippen molar-refractivity contribution in [1.82, 2.24) is 19.5 Å². The maximum atomic E-state index is 13.0. The quantitative estimate of drug-likeness (QED) is 0.804. The van der Waals surface area contributed by atoms with Crippen molar-refractivity contribution in [2.24, 2.45) is 5.92 Å². The summed E-state index contributed by atoms with van der Waals surface area (Å²) >= 11 is 1.43. The van der Waals surface area contributed by atoms with E-state index in [4.69, 9.17) is 0 Å². The number of carbonyl (C=O) groups excluding carboxylic acids is 1. The fourth-order valence-corrected chi connectivity index (χ4v) is 4.93. The Hall–Kier alpha value is -1.96. The van der Waals surface area contributed by atoms with E-state index in [0.717, 1.165) is 50.4 Å². The van der Waals surface area contributed by atoms with Crippen molar-refractivity contribution in [2.45, 2.75) is 45.4 Å². The van der Waals surface area contributed by atoms with E-state index in [1.165, 1.54) is 34.8 Å². The summed E-state index contributed by atoms with van der Waals surface area (Å²) < 4.78 is 1.37. The van der Waals surface area contributed by atoms with E-state index in [2.05, 4.69) is 19.9 Å². The number of hydrogen-bond acceptors (Lipinski definition) is 6. The molecule has 2 saturated heterocycles. The van der Waals surface area contributed by atoms with Crippen LogP contribution in [0.15, 0.2) is 10.9 Å². The van der Waals surface area contributed by atoms with Crippen LogP contribution in [0, 0.1) is 12.8 Å². The molecule has 2 aliphatic rings. The number of piperidine rings is 1. The van der Waals surface area contributed by atoms with Crippen LogP contribution in [0.4, 0.5) is 5.13 Å². The van der Waals surface area contributed by atoms with Crippen molar-refractivity contribution in [3.63, 3.8) is 0 Å². The lowest BCUT2D eigenvalue weighted by molar-refractivity contribution is -0.135. The lowest BCUT2D eigenvalue weighted by Crippen LogP contribution is -2.45. The molecule has 7 nitrogen and oxygen atoms in total. The molecule has 0 saturated carbocycles. The molecule has 2 aromatic rings. The molecule has 0 aromatic carbocycles. The molecule has 4 heterocycles. The monoisotopic (exact) mass is 375 g/mol. The number of likely N-dealkylation sites (tertiary alicyclic amines) is 1. The molecule has 0 aliphatic carbocycles. The smallest absolute Gasteiger partial charge is 0.275 e. The molecule has 4 rings (SSSR count). The summed E-state index contributed by atoms with van der Waals surface area (Å²) in [5.74, 6) is 0.323. The molecule has 2 aliphatic heterocycles. The van der Waals surface area contributed by atoms with E-state index in [0.29, 0.717) is 23.1 Å². The summed E-state index contributed by atoms with van der Waals surface area (Å²) in [6.07, 6.45) is 6.61. The number of nitrogens with zero attached hydrogens (tertiary/aromatic N) is 5. The molecule has 0 radical (unpaired) electrons. The zero-order valence-corrected chi connectivity index (χ0v) is 16.0. The highest BCUT2D eigenvalue weighted by atomic mass is 32.1. The molecule has 1 atom stereocenters. The van der Waals surface area contributed by atoms with Gasteiger partial charge in [0, 0.05) is 37.9 Å². The Balaban J connectivity index is 1.52. The average molecular weight is 375 g/mol. The number of rotatable bonds is 2. The first-order chi connectivity index (χ1) is 12.6. The van der Waals surface area contributed by atoms with E-state index < -0.39 is 0 Å². The van der Waals surface area contributed by atoms with Gasteiger partial charge in [0.2, 0.25) is 16.0 Å². The second-order valence-corrected chi connectivity index (χ2v) is 8.27. The van der Waals surface area contributed by atoms with Gasteiger partial charge in [0.05, 0.1) is 5.92 Å². The molecule has 0 unspecified atom stereocenters. The Kier molecular flexibility index (Phi) is 4.93. The van der Waals surface area contributed by atoms with Gasteiger partial charge in [0.15, 0.2) is 0 Å². The lowest BCUT2D eigenvalue weighted by atomic mass is 9.96. The average Bonchev–Trinajstić information content (AvgIpc) is 2.88. The van der Waals surface area contributed by atoms with Gasteiger partial charge in [-0.05, 0) is 32.6 Å². The molecular formula is C18H25N5O2S. The number of anilines is 1. The van der Waals surface area contributed by atoms with Crippen LogP contribution in [0.1, 0.15) is 44.2 Å². The highest BCUT2D eigenvalue weighted by molar-refractivity contribution is 7.20. The molecule has 2 fully saturated rings. The van der Waals surface area contributed by atoms with Crippen LogP contribution in [-0.2, 0) is 4.79 Å². The third-order valence-electron chi connectivity index (χ3n) is 5.32. The van der Waals surface area contributed by atoms with Crippen LogP contribution >= 0.6 is 11.3 Å². The molecule has 26 heavy (non-hydrogen) atoms. The Bertz CT molecular complexity index is 853. The van der Waals surface area contributed by atoms with E-state index in [1.807, 2.05) is 6.92 Å². The zero-order chi connectivity index (χ0) is 18.1. The van der Waals surface area contributed by atoms with Gasteiger partial charge < -0.3 is 9.80 Å². The van der Waals surface area contributed by atoms with Gasteiger partial charge in [-0.3, -0.25) is 9.59 Å². The fraction of sp³-hybridized carbons (Fsp3) is 0.667. The van der Waals surface area contributed by atoms with Crippen LogP contribution in [0.5, 0.6) is 0 Å². The minimum absolute atomic E-state index is 0.0280. The third kappa shape index (κ3) is 3.47. The molecular weight excluding hydrogens is 350 g/mol. The predicted molar refractivity (Wildman–Crippen MR) is 102 cm³/mol. The van der Waals surface area contributed by atoms with Crippen molar-refractivity contribution < 1.29 is 4.79 Å². The van der Waals surface area contributed by atoms with E-state index in [-0.39, 0.29) is 11.5 Å². The summed E-state index contributed by atoms with van der Waals surface area (Å²) in [6.45, 7) is 5.17. The van der Waals surface area contributed by atoms with Gasteiger partial charge in [-0.2, -0.15) is 4.52 Å². The van der Waals surface area contributed by atoms with Crippen molar-refractivity contribution >= 4 is 27.3 Å². The first-order valence-electron chi connectivity index (χ1n) is 9.53. The minimum Gasteiger partial charge on any atom is -0.346 e. The van der Waals surface area contributed by atoms with Gasteiger partial charge in [0.1, 0.15) is 0 Å². The first-order valence-corrected chi connectivity index (χ1v) is 10.3. The lowest BCUT2D eigenvalue weighted by Gasteiger charge is -2.34.